The van der Waals surface area contributed by atoms with Crippen LogP contribution in [0, 0.1) is 17.2 Å². The molecule has 6 heteroatoms. The molecule has 4 rings (SSSR count). The van der Waals surface area contributed by atoms with E-state index in [9.17, 15) is 14.0 Å². The van der Waals surface area contributed by atoms with Crippen LogP contribution in [-0.4, -0.2) is 18.4 Å². The zero-order chi connectivity index (χ0) is 24.3. The summed E-state index contributed by atoms with van der Waals surface area (Å²) >= 11 is 1.50. The van der Waals surface area contributed by atoms with E-state index >= 15 is 0 Å². The topological polar surface area (TPSA) is 58.2 Å². The van der Waals surface area contributed by atoms with E-state index in [2.05, 4.69) is 31.4 Å². The fourth-order valence-electron chi connectivity index (χ4n) is 4.48. The quantitative estimate of drug-likeness (QED) is 0.439. The molecule has 1 unspecified atom stereocenters. The van der Waals surface area contributed by atoms with Crippen LogP contribution in [0.2, 0.25) is 0 Å². The van der Waals surface area contributed by atoms with Crippen LogP contribution in [0.15, 0.2) is 54.6 Å². The summed E-state index contributed by atoms with van der Waals surface area (Å²) in [6, 6.07) is 15.5. The first-order valence-corrected chi connectivity index (χ1v) is 12.6. The van der Waals surface area contributed by atoms with E-state index in [0.717, 1.165) is 36.8 Å². The fourth-order valence-corrected chi connectivity index (χ4v) is 5.80. The summed E-state index contributed by atoms with van der Waals surface area (Å²) < 4.78 is 13.3. The minimum atomic E-state index is -0.394. The van der Waals surface area contributed by atoms with E-state index in [0.29, 0.717) is 28.6 Å². The van der Waals surface area contributed by atoms with E-state index in [4.69, 9.17) is 0 Å². The van der Waals surface area contributed by atoms with Crippen molar-refractivity contribution in [1.29, 1.82) is 0 Å². The summed E-state index contributed by atoms with van der Waals surface area (Å²) in [4.78, 5) is 27.4. The first-order valence-electron chi connectivity index (χ1n) is 11.8. The first kappa shape index (κ1) is 24.1. The number of thiophene rings is 1. The average Bonchev–Trinajstić information content (AvgIpc) is 3.16. The van der Waals surface area contributed by atoms with E-state index in [1.54, 1.807) is 0 Å². The number of amides is 2. The molecular formula is C28H31FN2O2S. The average molecular weight is 479 g/mol. The highest BCUT2D eigenvalue weighted by Crippen LogP contribution is 2.44. The molecule has 3 aromatic rings. The monoisotopic (exact) mass is 478 g/mol. The lowest BCUT2D eigenvalue weighted by Crippen LogP contribution is -2.29. The van der Waals surface area contributed by atoms with Gasteiger partial charge in [0.25, 0.3) is 11.8 Å². The maximum atomic E-state index is 13.3. The number of halogens is 1. The molecule has 0 saturated carbocycles. The lowest BCUT2D eigenvalue weighted by atomic mass is 9.72. The molecule has 178 valence electrons. The molecule has 2 aromatic carbocycles. The van der Waals surface area contributed by atoms with Gasteiger partial charge in [0, 0.05) is 17.0 Å². The minimum Gasteiger partial charge on any atom is -0.352 e. The van der Waals surface area contributed by atoms with Crippen LogP contribution >= 0.6 is 11.3 Å². The SMILES string of the molecule is CC(C)(C)C1CCc2c(sc(NC(=O)c3ccc(F)cc3)c2C(=O)NCCc2ccccc2)C1. The Morgan fingerprint density at radius 1 is 1.03 bits per heavy atom. The van der Waals surface area contributed by atoms with Crippen molar-refractivity contribution >= 4 is 28.2 Å². The van der Waals surface area contributed by atoms with Gasteiger partial charge in [-0.2, -0.15) is 0 Å². The van der Waals surface area contributed by atoms with Gasteiger partial charge in [-0.05, 0) is 72.4 Å². The number of fused-ring (bicyclic) bond motifs is 1. The van der Waals surface area contributed by atoms with Crippen molar-refractivity contribution in [3.8, 4) is 0 Å². The zero-order valence-electron chi connectivity index (χ0n) is 19.9. The van der Waals surface area contributed by atoms with Crippen LogP contribution in [0.25, 0.3) is 0 Å². The summed E-state index contributed by atoms with van der Waals surface area (Å²) in [5.74, 6) is -0.371. The first-order chi connectivity index (χ1) is 16.2. The third-order valence-electron chi connectivity index (χ3n) is 6.59. The third kappa shape index (κ3) is 5.55. The van der Waals surface area contributed by atoms with Crippen molar-refractivity contribution in [2.24, 2.45) is 11.3 Å². The lowest BCUT2D eigenvalue weighted by molar-refractivity contribution is 0.0954. The Hall–Kier alpha value is -2.99. The largest absolute Gasteiger partial charge is 0.352 e. The summed E-state index contributed by atoms with van der Waals surface area (Å²) in [6.07, 6.45) is 3.48. The molecule has 1 aliphatic rings. The molecule has 34 heavy (non-hydrogen) atoms. The molecule has 2 amide bonds. The molecule has 0 aliphatic heterocycles. The smallest absolute Gasteiger partial charge is 0.256 e. The Morgan fingerprint density at radius 2 is 1.74 bits per heavy atom. The van der Waals surface area contributed by atoms with Crippen LogP contribution < -0.4 is 10.6 Å². The number of anilines is 1. The standard InChI is InChI=1S/C28H31FN2O2S/c1-28(2,3)20-11-14-22-23(17-20)34-27(31-25(32)19-9-12-21(29)13-10-19)24(22)26(33)30-16-15-18-7-5-4-6-8-18/h4-10,12-13,20H,11,14-17H2,1-3H3,(H,30,33)(H,31,32). The van der Waals surface area contributed by atoms with Crippen molar-refractivity contribution in [2.75, 3.05) is 11.9 Å². The number of carbonyl (C=O) groups is 2. The summed E-state index contributed by atoms with van der Waals surface area (Å²) in [7, 11) is 0. The van der Waals surface area contributed by atoms with Crippen molar-refractivity contribution in [3.63, 3.8) is 0 Å². The van der Waals surface area contributed by atoms with E-state index < -0.39 is 5.82 Å². The Bertz CT molecular complexity index is 1160. The number of benzene rings is 2. The lowest BCUT2D eigenvalue weighted by Gasteiger charge is -2.33. The van der Waals surface area contributed by atoms with Crippen LogP contribution in [0.5, 0.6) is 0 Å². The van der Waals surface area contributed by atoms with Gasteiger partial charge in [-0.25, -0.2) is 4.39 Å². The Kier molecular flexibility index (Phi) is 7.17. The van der Waals surface area contributed by atoms with Crippen LogP contribution in [-0.2, 0) is 19.3 Å². The molecule has 0 radical (unpaired) electrons. The van der Waals surface area contributed by atoms with Crippen molar-refractivity contribution in [2.45, 2.75) is 46.5 Å². The zero-order valence-corrected chi connectivity index (χ0v) is 20.7. The molecule has 0 spiro atoms. The predicted octanol–water partition coefficient (Wildman–Crippen LogP) is 6.26. The number of hydrogen-bond acceptors (Lipinski definition) is 3. The summed E-state index contributed by atoms with van der Waals surface area (Å²) in [5, 5.41) is 6.57. The molecule has 0 saturated heterocycles. The third-order valence-corrected chi connectivity index (χ3v) is 7.76. The van der Waals surface area contributed by atoms with Crippen LogP contribution in [0.4, 0.5) is 9.39 Å². The van der Waals surface area contributed by atoms with Crippen LogP contribution in [0.3, 0.4) is 0 Å². The molecule has 1 aliphatic carbocycles. The second kappa shape index (κ2) is 10.1. The van der Waals surface area contributed by atoms with E-state index in [-0.39, 0.29) is 17.2 Å². The fraction of sp³-hybridized carbons (Fsp3) is 0.357. The van der Waals surface area contributed by atoms with Crippen molar-refractivity contribution in [1.82, 2.24) is 5.32 Å². The molecule has 0 bridgehead atoms. The second-order valence-electron chi connectivity index (χ2n) is 9.97. The molecule has 1 aromatic heterocycles. The normalized spacial score (nSPS) is 15.5. The van der Waals surface area contributed by atoms with Gasteiger partial charge in [-0.15, -0.1) is 11.3 Å². The van der Waals surface area contributed by atoms with Gasteiger partial charge >= 0.3 is 0 Å². The molecule has 4 nitrogen and oxygen atoms in total. The van der Waals surface area contributed by atoms with Gasteiger partial charge in [0.15, 0.2) is 0 Å². The predicted molar refractivity (Wildman–Crippen MR) is 136 cm³/mol. The highest BCUT2D eigenvalue weighted by molar-refractivity contribution is 7.17. The Labute approximate surface area is 204 Å². The Morgan fingerprint density at radius 3 is 2.41 bits per heavy atom. The van der Waals surface area contributed by atoms with Gasteiger partial charge in [0.05, 0.1) is 5.56 Å². The highest BCUT2D eigenvalue weighted by Gasteiger charge is 2.34. The molecule has 1 atom stereocenters. The minimum absolute atomic E-state index is 0.156. The maximum absolute atomic E-state index is 13.3. The van der Waals surface area contributed by atoms with Gasteiger partial charge < -0.3 is 10.6 Å². The Balaban J connectivity index is 1.57. The molecule has 1 heterocycles. The van der Waals surface area contributed by atoms with Gasteiger partial charge in [0.1, 0.15) is 10.8 Å². The van der Waals surface area contributed by atoms with Crippen molar-refractivity contribution in [3.05, 3.63) is 87.5 Å². The highest BCUT2D eigenvalue weighted by atomic mass is 32.1. The molecule has 0 fully saturated rings. The van der Waals surface area contributed by atoms with Crippen molar-refractivity contribution < 1.29 is 14.0 Å². The van der Waals surface area contributed by atoms with Gasteiger partial charge in [-0.3, -0.25) is 9.59 Å². The van der Waals surface area contributed by atoms with E-state index in [1.807, 2.05) is 30.3 Å². The maximum Gasteiger partial charge on any atom is 0.256 e. The molecular weight excluding hydrogens is 447 g/mol. The number of rotatable bonds is 6. The summed E-state index contributed by atoms with van der Waals surface area (Å²) in [5.41, 5.74) is 3.33. The summed E-state index contributed by atoms with van der Waals surface area (Å²) in [6.45, 7) is 7.28. The number of nitrogens with one attached hydrogen (secondary N) is 2. The van der Waals surface area contributed by atoms with Gasteiger partial charge in [-0.1, -0.05) is 51.1 Å². The second-order valence-corrected chi connectivity index (χ2v) is 11.1. The van der Waals surface area contributed by atoms with Crippen LogP contribution in [0.1, 0.15) is 63.9 Å². The number of hydrogen-bond donors (Lipinski definition) is 2. The van der Waals surface area contributed by atoms with E-state index in [1.165, 1.54) is 40.5 Å². The number of carbonyl (C=O) groups excluding carboxylic acids is 2. The van der Waals surface area contributed by atoms with Gasteiger partial charge in [0.2, 0.25) is 0 Å². The molecule has 2 N–H and O–H groups in total.